The van der Waals surface area contributed by atoms with Crippen molar-refractivity contribution in [3.05, 3.63) is 58.1 Å². The van der Waals surface area contributed by atoms with Crippen molar-refractivity contribution >= 4 is 39.1 Å². The van der Waals surface area contributed by atoms with Crippen molar-refractivity contribution in [2.24, 2.45) is 0 Å². The quantitative estimate of drug-likeness (QED) is 0.711. The lowest BCUT2D eigenvalue weighted by Crippen LogP contribution is -2.29. The van der Waals surface area contributed by atoms with E-state index in [0.717, 1.165) is 18.4 Å². The molecule has 0 unspecified atom stereocenters. The first kappa shape index (κ1) is 20.9. The van der Waals surface area contributed by atoms with E-state index in [4.69, 9.17) is 27.9 Å². The molecule has 0 atom stereocenters. The average molecular weight is 443 g/mol. The summed E-state index contributed by atoms with van der Waals surface area (Å²) >= 11 is 12.2. The van der Waals surface area contributed by atoms with E-state index in [2.05, 4.69) is 5.32 Å². The zero-order valence-electron chi connectivity index (χ0n) is 15.0. The molecule has 0 aromatic heterocycles. The lowest BCUT2D eigenvalue weighted by Gasteiger charge is -2.16. The lowest BCUT2D eigenvalue weighted by atomic mass is 10.2. The van der Waals surface area contributed by atoms with Gasteiger partial charge in [-0.3, -0.25) is 4.79 Å². The van der Waals surface area contributed by atoms with Gasteiger partial charge in [-0.1, -0.05) is 41.4 Å². The molecule has 0 bridgehead atoms. The van der Waals surface area contributed by atoms with Crippen molar-refractivity contribution in [3.8, 4) is 5.75 Å². The number of hydrogen-bond acceptors (Lipinski definition) is 4. The normalized spacial score (nSPS) is 14.8. The van der Waals surface area contributed by atoms with Gasteiger partial charge >= 0.3 is 0 Å². The smallest absolute Gasteiger partial charge is 0.258 e. The molecule has 0 spiro atoms. The highest BCUT2D eigenvalue weighted by Gasteiger charge is 2.27. The molecule has 1 heterocycles. The van der Waals surface area contributed by atoms with E-state index in [1.54, 1.807) is 6.07 Å². The van der Waals surface area contributed by atoms with E-state index in [0.29, 0.717) is 18.1 Å². The number of carbonyl (C=O) groups excluding carboxylic acids is 1. The SMILES string of the molecule is O=C(COc1ccc(S(=O)(=O)N2CCCC2)cc1Cl)NCc1ccccc1Cl. The Kier molecular flexibility index (Phi) is 6.82. The molecule has 6 nitrogen and oxygen atoms in total. The predicted octanol–water partition coefficient (Wildman–Crippen LogP) is 3.47. The number of nitrogens with one attached hydrogen (secondary N) is 1. The van der Waals surface area contributed by atoms with E-state index in [1.807, 2.05) is 18.2 Å². The summed E-state index contributed by atoms with van der Waals surface area (Å²) in [6.45, 7) is 1.07. The van der Waals surface area contributed by atoms with Gasteiger partial charge in [0.05, 0.1) is 9.92 Å². The Labute approximate surface area is 174 Å². The van der Waals surface area contributed by atoms with E-state index < -0.39 is 10.0 Å². The summed E-state index contributed by atoms with van der Waals surface area (Å²) in [7, 11) is -3.55. The van der Waals surface area contributed by atoms with Gasteiger partial charge in [0.2, 0.25) is 10.0 Å². The second-order valence-electron chi connectivity index (χ2n) is 6.36. The van der Waals surface area contributed by atoms with Gasteiger partial charge < -0.3 is 10.1 Å². The summed E-state index contributed by atoms with van der Waals surface area (Å²) in [5, 5.41) is 3.42. The van der Waals surface area contributed by atoms with Crippen molar-refractivity contribution in [2.45, 2.75) is 24.3 Å². The second-order valence-corrected chi connectivity index (χ2v) is 9.11. The molecule has 1 fully saturated rings. The van der Waals surface area contributed by atoms with Crippen LogP contribution in [0.3, 0.4) is 0 Å². The highest BCUT2D eigenvalue weighted by molar-refractivity contribution is 7.89. The Hall–Kier alpha value is -1.80. The standard InChI is InChI=1S/C19H20Cl2N2O4S/c20-16-6-2-1-5-14(16)12-22-19(24)13-27-18-8-7-15(11-17(18)21)28(25,26)23-9-3-4-10-23/h1-2,5-8,11H,3-4,9-10,12-13H2,(H,22,24). The molecule has 0 saturated carbocycles. The molecule has 2 aromatic rings. The molecule has 1 aliphatic rings. The molecule has 9 heteroatoms. The van der Waals surface area contributed by atoms with Crippen LogP contribution in [-0.4, -0.2) is 38.3 Å². The third kappa shape index (κ3) is 4.97. The minimum Gasteiger partial charge on any atom is -0.482 e. The molecule has 1 N–H and O–H groups in total. The van der Waals surface area contributed by atoms with Gasteiger partial charge in [0.25, 0.3) is 5.91 Å². The number of benzene rings is 2. The zero-order chi connectivity index (χ0) is 20.1. The minimum absolute atomic E-state index is 0.120. The van der Waals surface area contributed by atoms with Crippen molar-refractivity contribution in [2.75, 3.05) is 19.7 Å². The summed E-state index contributed by atoms with van der Waals surface area (Å²) in [5.74, 6) is -0.0975. The molecule has 3 rings (SSSR count). The van der Waals surface area contributed by atoms with Crippen molar-refractivity contribution in [1.82, 2.24) is 9.62 Å². The number of amides is 1. The Bertz CT molecular complexity index is 960. The molecular formula is C19H20Cl2N2O4S. The summed E-state index contributed by atoms with van der Waals surface area (Å²) in [4.78, 5) is 12.1. The maximum Gasteiger partial charge on any atom is 0.258 e. The fourth-order valence-corrected chi connectivity index (χ4v) is 4.91. The van der Waals surface area contributed by atoms with Crippen LogP contribution in [0.5, 0.6) is 5.75 Å². The molecule has 28 heavy (non-hydrogen) atoms. The molecule has 1 aliphatic heterocycles. The number of rotatable bonds is 7. The van der Waals surface area contributed by atoms with Crippen LogP contribution in [0.25, 0.3) is 0 Å². The third-order valence-corrected chi connectivity index (χ3v) is 6.96. The van der Waals surface area contributed by atoms with Gasteiger partial charge in [-0.25, -0.2) is 8.42 Å². The molecule has 0 radical (unpaired) electrons. The highest BCUT2D eigenvalue weighted by Crippen LogP contribution is 2.29. The van der Waals surface area contributed by atoms with Crippen LogP contribution in [0.4, 0.5) is 0 Å². The van der Waals surface area contributed by atoms with Crippen molar-refractivity contribution in [3.63, 3.8) is 0 Å². The third-order valence-electron chi connectivity index (χ3n) is 4.40. The Morgan fingerprint density at radius 3 is 2.46 bits per heavy atom. The molecule has 1 amide bonds. The van der Waals surface area contributed by atoms with Gasteiger partial charge in [-0.05, 0) is 42.7 Å². The monoisotopic (exact) mass is 442 g/mol. The summed E-state index contributed by atoms with van der Waals surface area (Å²) < 4.78 is 32.0. The topological polar surface area (TPSA) is 75.7 Å². The minimum atomic E-state index is -3.55. The van der Waals surface area contributed by atoms with Crippen LogP contribution in [0, 0.1) is 0 Å². The largest absolute Gasteiger partial charge is 0.482 e. The predicted molar refractivity (Wildman–Crippen MR) is 108 cm³/mol. The first-order valence-corrected chi connectivity index (χ1v) is 11.0. The fourth-order valence-electron chi connectivity index (χ4n) is 2.87. The number of nitrogens with zero attached hydrogens (tertiary/aromatic N) is 1. The summed E-state index contributed by atoms with van der Waals surface area (Å²) in [5.41, 5.74) is 0.798. The summed E-state index contributed by atoms with van der Waals surface area (Å²) in [6, 6.07) is 11.5. The fraction of sp³-hybridized carbons (Fsp3) is 0.316. The molecular weight excluding hydrogens is 423 g/mol. The molecule has 0 aliphatic carbocycles. The number of carbonyl (C=O) groups is 1. The first-order valence-electron chi connectivity index (χ1n) is 8.80. The molecule has 150 valence electrons. The van der Waals surface area contributed by atoms with Gasteiger partial charge in [-0.15, -0.1) is 0 Å². The molecule has 2 aromatic carbocycles. The maximum atomic E-state index is 12.6. The maximum absolute atomic E-state index is 12.6. The number of ether oxygens (including phenoxy) is 1. The van der Waals surface area contributed by atoms with Gasteiger partial charge in [-0.2, -0.15) is 4.31 Å². The van der Waals surface area contributed by atoms with E-state index in [1.165, 1.54) is 22.5 Å². The Balaban J connectivity index is 1.57. The number of halogens is 2. The van der Waals surface area contributed by atoms with E-state index >= 15 is 0 Å². The van der Waals surface area contributed by atoms with E-state index in [9.17, 15) is 13.2 Å². The van der Waals surface area contributed by atoms with Crippen LogP contribution >= 0.6 is 23.2 Å². The Morgan fingerprint density at radius 1 is 1.07 bits per heavy atom. The van der Waals surface area contributed by atoms with Crippen molar-refractivity contribution in [1.29, 1.82) is 0 Å². The average Bonchev–Trinajstić information content (AvgIpc) is 3.22. The second kappa shape index (κ2) is 9.13. The van der Waals surface area contributed by atoms with Gasteiger partial charge in [0, 0.05) is 24.7 Å². The van der Waals surface area contributed by atoms with Crippen LogP contribution in [0.2, 0.25) is 10.0 Å². The van der Waals surface area contributed by atoms with Crippen LogP contribution in [0.15, 0.2) is 47.4 Å². The first-order chi connectivity index (χ1) is 13.4. The van der Waals surface area contributed by atoms with Crippen LogP contribution in [0.1, 0.15) is 18.4 Å². The van der Waals surface area contributed by atoms with Crippen LogP contribution in [-0.2, 0) is 21.4 Å². The van der Waals surface area contributed by atoms with Crippen LogP contribution < -0.4 is 10.1 Å². The number of hydrogen-bond donors (Lipinski definition) is 1. The van der Waals surface area contributed by atoms with E-state index in [-0.39, 0.29) is 34.7 Å². The lowest BCUT2D eigenvalue weighted by molar-refractivity contribution is -0.123. The Morgan fingerprint density at radius 2 is 1.79 bits per heavy atom. The summed E-state index contributed by atoms with van der Waals surface area (Å²) in [6.07, 6.45) is 1.72. The zero-order valence-corrected chi connectivity index (χ0v) is 17.4. The van der Waals surface area contributed by atoms with Crippen molar-refractivity contribution < 1.29 is 17.9 Å². The number of sulfonamides is 1. The van der Waals surface area contributed by atoms with Gasteiger partial charge in [0.1, 0.15) is 5.75 Å². The molecule has 1 saturated heterocycles. The van der Waals surface area contributed by atoms with Gasteiger partial charge in [0.15, 0.2) is 6.61 Å². The highest BCUT2D eigenvalue weighted by atomic mass is 35.5.